The molecule has 0 aromatic carbocycles. The van der Waals surface area contributed by atoms with Gasteiger partial charge >= 0.3 is 0 Å². The number of aliphatic hydroxyl groups excluding tert-OH is 1. The number of aliphatic hydroxyl groups is 1. The van der Waals surface area contributed by atoms with Crippen LogP contribution in [-0.4, -0.2) is 44.9 Å². The van der Waals surface area contributed by atoms with E-state index in [2.05, 4.69) is 5.10 Å². The molecular weight excluding hydrogens is 194 g/mol. The second-order valence-corrected chi connectivity index (χ2v) is 3.79. The third-order valence-electron chi connectivity index (χ3n) is 2.63. The molecule has 0 spiro atoms. The average molecular weight is 209 g/mol. The van der Waals surface area contributed by atoms with Crippen LogP contribution in [0.5, 0.6) is 0 Å². The Balaban J connectivity index is 2.14. The van der Waals surface area contributed by atoms with Crippen LogP contribution in [0, 0.1) is 0 Å². The van der Waals surface area contributed by atoms with E-state index in [1.807, 2.05) is 0 Å². The van der Waals surface area contributed by atoms with Gasteiger partial charge in [-0.15, -0.1) is 0 Å². The van der Waals surface area contributed by atoms with Crippen LogP contribution < -0.4 is 0 Å². The third-order valence-corrected chi connectivity index (χ3v) is 2.63. The lowest BCUT2D eigenvalue weighted by Crippen LogP contribution is -2.36. The van der Waals surface area contributed by atoms with E-state index in [0.29, 0.717) is 18.3 Å². The first-order chi connectivity index (χ1) is 7.24. The van der Waals surface area contributed by atoms with Crippen LogP contribution >= 0.6 is 0 Å². The molecule has 1 aliphatic rings. The average Bonchev–Trinajstić information content (AvgIpc) is 2.97. The summed E-state index contributed by atoms with van der Waals surface area (Å²) in [5, 5.41) is 12.9. The molecule has 5 heteroatoms. The van der Waals surface area contributed by atoms with E-state index >= 15 is 0 Å². The summed E-state index contributed by atoms with van der Waals surface area (Å²) in [4.78, 5) is 13.8. The van der Waals surface area contributed by atoms with Gasteiger partial charge in [-0.05, 0) is 18.9 Å². The summed E-state index contributed by atoms with van der Waals surface area (Å²) < 4.78 is 1.56. The Morgan fingerprint density at radius 2 is 2.47 bits per heavy atom. The molecule has 2 rings (SSSR count). The van der Waals surface area contributed by atoms with Gasteiger partial charge in [0, 0.05) is 25.8 Å². The van der Waals surface area contributed by atoms with Gasteiger partial charge in [0.15, 0.2) is 0 Å². The van der Waals surface area contributed by atoms with Crippen molar-refractivity contribution in [1.82, 2.24) is 14.7 Å². The molecular formula is C10H15N3O2. The monoisotopic (exact) mass is 209 g/mol. The first-order valence-electron chi connectivity index (χ1n) is 5.14. The predicted molar refractivity (Wildman–Crippen MR) is 54.4 cm³/mol. The van der Waals surface area contributed by atoms with Crippen molar-refractivity contribution in [1.29, 1.82) is 0 Å². The molecule has 1 saturated carbocycles. The van der Waals surface area contributed by atoms with Crippen LogP contribution in [0.2, 0.25) is 0 Å². The number of nitrogens with zero attached hydrogens (tertiary/aromatic N) is 3. The number of carbonyl (C=O) groups is 1. The van der Waals surface area contributed by atoms with Crippen LogP contribution in [0.1, 0.15) is 23.3 Å². The van der Waals surface area contributed by atoms with Gasteiger partial charge in [-0.25, -0.2) is 0 Å². The first kappa shape index (κ1) is 10.2. The smallest absolute Gasteiger partial charge is 0.272 e. The number of aryl methyl sites for hydroxylation is 1. The van der Waals surface area contributed by atoms with Crippen molar-refractivity contribution in [2.45, 2.75) is 18.9 Å². The van der Waals surface area contributed by atoms with E-state index in [1.54, 1.807) is 28.9 Å². The first-order valence-corrected chi connectivity index (χ1v) is 5.14. The lowest BCUT2D eigenvalue weighted by molar-refractivity contribution is 0.0696. The van der Waals surface area contributed by atoms with Crippen LogP contribution in [-0.2, 0) is 7.05 Å². The fourth-order valence-electron chi connectivity index (χ4n) is 1.67. The molecule has 1 aromatic rings. The molecule has 82 valence electrons. The minimum Gasteiger partial charge on any atom is -0.395 e. The van der Waals surface area contributed by atoms with Crippen molar-refractivity contribution in [3.05, 3.63) is 18.0 Å². The fraction of sp³-hybridized carbons (Fsp3) is 0.600. The van der Waals surface area contributed by atoms with Gasteiger partial charge in [0.05, 0.1) is 6.61 Å². The number of aromatic nitrogens is 2. The maximum absolute atomic E-state index is 12.1. The van der Waals surface area contributed by atoms with E-state index in [4.69, 9.17) is 5.11 Å². The molecule has 0 unspecified atom stereocenters. The zero-order chi connectivity index (χ0) is 10.8. The molecule has 0 saturated heterocycles. The number of hydrogen-bond donors (Lipinski definition) is 1. The number of hydrogen-bond acceptors (Lipinski definition) is 3. The standard InChI is InChI=1S/C10H15N3O2/c1-12-9(4-5-11-12)10(15)13(6-7-14)8-2-3-8/h4-5,8,14H,2-3,6-7H2,1H3. The van der Waals surface area contributed by atoms with Crippen molar-refractivity contribution in [2.24, 2.45) is 7.05 Å². The lowest BCUT2D eigenvalue weighted by atomic mass is 10.3. The summed E-state index contributed by atoms with van der Waals surface area (Å²) >= 11 is 0. The quantitative estimate of drug-likeness (QED) is 0.760. The summed E-state index contributed by atoms with van der Waals surface area (Å²) in [5.41, 5.74) is 0.579. The minimum atomic E-state index is -0.0356. The van der Waals surface area contributed by atoms with Crippen LogP contribution in [0.25, 0.3) is 0 Å². The third kappa shape index (κ3) is 2.02. The van der Waals surface area contributed by atoms with E-state index in [-0.39, 0.29) is 12.5 Å². The van der Waals surface area contributed by atoms with Crippen molar-refractivity contribution < 1.29 is 9.90 Å². The molecule has 1 aliphatic carbocycles. The molecule has 0 atom stereocenters. The van der Waals surface area contributed by atoms with Crippen molar-refractivity contribution >= 4 is 5.91 Å². The van der Waals surface area contributed by atoms with Crippen LogP contribution in [0.3, 0.4) is 0 Å². The van der Waals surface area contributed by atoms with E-state index in [1.165, 1.54) is 0 Å². The summed E-state index contributed by atoms with van der Waals surface area (Å²) in [5.74, 6) is -0.0356. The molecule has 1 aromatic heterocycles. The zero-order valence-electron chi connectivity index (χ0n) is 8.76. The molecule has 1 amide bonds. The van der Waals surface area contributed by atoms with Gasteiger partial charge in [-0.3, -0.25) is 9.48 Å². The second kappa shape index (κ2) is 4.02. The SMILES string of the molecule is Cn1nccc1C(=O)N(CCO)C1CC1. The highest BCUT2D eigenvalue weighted by Crippen LogP contribution is 2.27. The molecule has 1 heterocycles. The molecule has 0 radical (unpaired) electrons. The number of carbonyl (C=O) groups excluding carboxylic acids is 1. The Morgan fingerprint density at radius 3 is 2.93 bits per heavy atom. The normalized spacial score (nSPS) is 15.3. The van der Waals surface area contributed by atoms with Gasteiger partial charge in [0.25, 0.3) is 5.91 Å². The highest BCUT2D eigenvalue weighted by atomic mass is 16.3. The summed E-state index contributed by atoms with van der Waals surface area (Å²) in [6.45, 7) is 0.425. The highest BCUT2D eigenvalue weighted by Gasteiger charge is 2.33. The predicted octanol–water partition coefficient (Wildman–Crippen LogP) is 0.0170. The maximum atomic E-state index is 12.1. The summed E-state index contributed by atoms with van der Waals surface area (Å²) in [6.07, 6.45) is 3.70. The number of rotatable bonds is 4. The topological polar surface area (TPSA) is 58.4 Å². The second-order valence-electron chi connectivity index (χ2n) is 3.79. The van der Waals surface area contributed by atoms with Crippen molar-refractivity contribution in [3.63, 3.8) is 0 Å². The molecule has 5 nitrogen and oxygen atoms in total. The Kier molecular flexibility index (Phi) is 2.73. The molecule has 0 aliphatic heterocycles. The Hall–Kier alpha value is -1.36. The Morgan fingerprint density at radius 1 is 1.73 bits per heavy atom. The van der Waals surface area contributed by atoms with Crippen molar-refractivity contribution in [2.75, 3.05) is 13.2 Å². The van der Waals surface area contributed by atoms with Crippen LogP contribution in [0.15, 0.2) is 12.3 Å². The largest absolute Gasteiger partial charge is 0.395 e. The minimum absolute atomic E-state index is 0.0140. The Labute approximate surface area is 88.3 Å². The molecule has 1 fully saturated rings. The Bertz CT molecular complexity index is 357. The van der Waals surface area contributed by atoms with Gasteiger partial charge in [-0.2, -0.15) is 5.10 Å². The number of amides is 1. The van der Waals surface area contributed by atoms with E-state index in [9.17, 15) is 4.79 Å². The van der Waals surface area contributed by atoms with Crippen molar-refractivity contribution in [3.8, 4) is 0 Å². The van der Waals surface area contributed by atoms with Gasteiger partial charge in [0.2, 0.25) is 0 Å². The van der Waals surface area contributed by atoms with Gasteiger partial charge in [-0.1, -0.05) is 0 Å². The van der Waals surface area contributed by atoms with E-state index in [0.717, 1.165) is 12.8 Å². The zero-order valence-corrected chi connectivity index (χ0v) is 8.76. The van der Waals surface area contributed by atoms with Gasteiger partial charge < -0.3 is 10.0 Å². The van der Waals surface area contributed by atoms with E-state index < -0.39 is 0 Å². The molecule has 15 heavy (non-hydrogen) atoms. The molecule has 0 bridgehead atoms. The highest BCUT2D eigenvalue weighted by molar-refractivity contribution is 5.92. The summed E-state index contributed by atoms with van der Waals surface area (Å²) in [7, 11) is 1.75. The maximum Gasteiger partial charge on any atom is 0.272 e. The van der Waals surface area contributed by atoms with Crippen LogP contribution in [0.4, 0.5) is 0 Å². The molecule has 1 N–H and O–H groups in total. The summed E-state index contributed by atoms with van der Waals surface area (Å²) in [6, 6.07) is 2.02. The fourth-order valence-corrected chi connectivity index (χ4v) is 1.67. The van der Waals surface area contributed by atoms with Gasteiger partial charge in [0.1, 0.15) is 5.69 Å². The lowest BCUT2D eigenvalue weighted by Gasteiger charge is -2.20.